The predicted molar refractivity (Wildman–Crippen MR) is 76.1 cm³/mol. The SMILES string of the molecule is CCOC(=O)c1ccoc1CSCCC(NC=O)C(=O)O. The molecule has 2 N–H and O–H groups in total. The summed E-state index contributed by atoms with van der Waals surface area (Å²) in [6.07, 6.45) is 2.07. The average molecular weight is 315 g/mol. The molecular weight excluding hydrogens is 298 g/mol. The lowest BCUT2D eigenvalue weighted by Gasteiger charge is -2.10. The van der Waals surface area contributed by atoms with Gasteiger partial charge in [0, 0.05) is 0 Å². The van der Waals surface area contributed by atoms with Crippen molar-refractivity contribution in [2.45, 2.75) is 25.1 Å². The van der Waals surface area contributed by atoms with Crippen LogP contribution in [0.5, 0.6) is 0 Å². The average Bonchev–Trinajstić information content (AvgIpc) is 2.90. The van der Waals surface area contributed by atoms with Gasteiger partial charge in [0.25, 0.3) is 0 Å². The van der Waals surface area contributed by atoms with Crippen molar-refractivity contribution in [3.05, 3.63) is 23.7 Å². The van der Waals surface area contributed by atoms with Crippen LogP contribution >= 0.6 is 11.8 Å². The number of hydrogen-bond donors (Lipinski definition) is 2. The number of aliphatic carboxylic acids is 1. The Morgan fingerprint density at radius 1 is 1.57 bits per heavy atom. The second kappa shape index (κ2) is 9.06. The number of carbonyl (C=O) groups is 3. The van der Waals surface area contributed by atoms with Gasteiger partial charge in [-0.1, -0.05) is 0 Å². The lowest BCUT2D eigenvalue weighted by molar-refractivity contribution is -0.140. The fraction of sp³-hybridized carbons (Fsp3) is 0.462. The standard InChI is InChI=1S/C13H17NO6S/c1-2-19-13(18)9-3-5-20-11(9)7-21-6-4-10(12(16)17)14-8-15/h3,5,8,10H,2,4,6-7H2,1H3,(H,14,15)(H,16,17). The quantitative estimate of drug-likeness (QED) is 0.380. The molecule has 0 aromatic carbocycles. The second-order valence-electron chi connectivity index (χ2n) is 3.99. The Labute approximate surface area is 126 Å². The minimum absolute atomic E-state index is 0.286. The number of carboxylic acids is 1. The fourth-order valence-electron chi connectivity index (χ4n) is 1.57. The Morgan fingerprint density at radius 3 is 2.95 bits per heavy atom. The third-order valence-corrected chi connectivity index (χ3v) is 3.58. The highest BCUT2D eigenvalue weighted by Crippen LogP contribution is 2.19. The van der Waals surface area contributed by atoms with Crippen LogP contribution < -0.4 is 5.32 Å². The summed E-state index contributed by atoms with van der Waals surface area (Å²) in [6, 6.07) is 0.637. The van der Waals surface area contributed by atoms with E-state index in [0.29, 0.717) is 29.2 Å². The molecule has 0 spiro atoms. The van der Waals surface area contributed by atoms with E-state index < -0.39 is 18.0 Å². The lowest BCUT2D eigenvalue weighted by Crippen LogP contribution is -2.36. The summed E-state index contributed by atoms with van der Waals surface area (Å²) in [6.45, 7) is 2.01. The number of ether oxygens (including phenoxy) is 1. The van der Waals surface area contributed by atoms with Gasteiger partial charge in [-0.3, -0.25) is 4.79 Å². The number of furan rings is 1. The molecule has 1 atom stereocenters. The molecule has 0 fully saturated rings. The van der Waals surface area contributed by atoms with Crippen LogP contribution in [0.2, 0.25) is 0 Å². The predicted octanol–water partition coefficient (Wildman–Crippen LogP) is 1.28. The number of rotatable bonds is 10. The van der Waals surface area contributed by atoms with E-state index in [1.54, 1.807) is 13.0 Å². The third-order valence-electron chi connectivity index (χ3n) is 2.59. The van der Waals surface area contributed by atoms with Gasteiger partial charge in [0.1, 0.15) is 17.4 Å². The molecule has 0 saturated carbocycles. The van der Waals surface area contributed by atoms with Crippen molar-refractivity contribution in [1.29, 1.82) is 0 Å². The Balaban J connectivity index is 2.42. The number of hydrogen-bond acceptors (Lipinski definition) is 6. The zero-order valence-electron chi connectivity index (χ0n) is 11.5. The van der Waals surface area contributed by atoms with E-state index in [-0.39, 0.29) is 13.0 Å². The van der Waals surface area contributed by atoms with E-state index in [9.17, 15) is 14.4 Å². The molecule has 8 heteroatoms. The first kappa shape index (κ1) is 17.1. The van der Waals surface area contributed by atoms with Crippen LogP contribution in [0.3, 0.4) is 0 Å². The number of esters is 1. The van der Waals surface area contributed by atoms with E-state index in [2.05, 4.69) is 5.32 Å². The van der Waals surface area contributed by atoms with E-state index >= 15 is 0 Å². The summed E-state index contributed by atoms with van der Waals surface area (Å²) in [5.41, 5.74) is 0.380. The molecule has 0 aliphatic rings. The molecule has 0 aliphatic heterocycles. The van der Waals surface area contributed by atoms with Crippen LogP contribution in [0, 0.1) is 0 Å². The van der Waals surface area contributed by atoms with Gasteiger partial charge in [-0.05, 0) is 25.2 Å². The van der Waals surface area contributed by atoms with Crippen LogP contribution in [0.25, 0.3) is 0 Å². The highest BCUT2D eigenvalue weighted by Gasteiger charge is 2.18. The van der Waals surface area contributed by atoms with Gasteiger partial charge in [0.2, 0.25) is 6.41 Å². The molecule has 116 valence electrons. The van der Waals surface area contributed by atoms with Crippen LogP contribution in [-0.4, -0.2) is 41.9 Å². The van der Waals surface area contributed by atoms with Crippen LogP contribution in [0.15, 0.2) is 16.7 Å². The van der Waals surface area contributed by atoms with Crippen molar-refractivity contribution >= 4 is 30.1 Å². The first-order valence-electron chi connectivity index (χ1n) is 6.33. The molecule has 1 rings (SSSR count). The molecule has 1 aromatic heterocycles. The second-order valence-corrected chi connectivity index (χ2v) is 5.10. The Hall–Kier alpha value is -1.96. The van der Waals surface area contributed by atoms with E-state index in [4.69, 9.17) is 14.3 Å². The van der Waals surface area contributed by atoms with E-state index in [0.717, 1.165) is 0 Å². The minimum atomic E-state index is -1.08. The molecule has 1 amide bonds. The van der Waals surface area contributed by atoms with Gasteiger partial charge < -0.3 is 19.6 Å². The molecule has 0 aliphatic carbocycles. The first-order chi connectivity index (χ1) is 10.1. The van der Waals surface area contributed by atoms with Crippen LogP contribution in [0.1, 0.15) is 29.5 Å². The summed E-state index contributed by atoms with van der Waals surface area (Å²) in [4.78, 5) is 32.7. The summed E-state index contributed by atoms with van der Waals surface area (Å²) >= 11 is 1.41. The molecule has 21 heavy (non-hydrogen) atoms. The zero-order valence-corrected chi connectivity index (χ0v) is 12.4. The lowest BCUT2D eigenvalue weighted by atomic mass is 10.2. The van der Waals surface area contributed by atoms with Crippen molar-refractivity contribution in [2.24, 2.45) is 0 Å². The molecule has 0 bridgehead atoms. The number of nitrogens with one attached hydrogen (secondary N) is 1. The minimum Gasteiger partial charge on any atom is -0.480 e. The Morgan fingerprint density at radius 2 is 2.33 bits per heavy atom. The van der Waals surface area contributed by atoms with E-state index in [1.165, 1.54) is 18.0 Å². The molecular formula is C13H17NO6S. The van der Waals surface area contributed by atoms with Crippen LogP contribution in [-0.2, 0) is 20.1 Å². The van der Waals surface area contributed by atoms with Gasteiger partial charge in [0.05, 0.1) is 18.6 Å². The summed E-state index contributed by atoms with van der Waals surface area (Å²) in [5.74, 6) is -0.0931. The summed E-state index contributed by atoms with van der Waals surface area (Å²) < 4.78 is 10.1. The van der Waals surface area contributed by atoms with Crippen LogP contribution in [0.4, 0.5) is 0 Å². The third kappa shape index (κ3) is 5.50. The molecule has 1 unspecified atom stereocenters. The van der Waals surface area contributed by atoms with Gasteiger partial charge in [0.15, 0.2) is 0 Å². The smallest absolute Gasteiger partial charge is 0.341 e. The Kier molecular flexibility index (Phi) is 7.38. The van der Waals surface area contributed by atoms with Crippen molar-refractivity contribution in [3.8, 4) is 0 Å². The topological polar surface area (TPSA) is 106 Å². The maximum atomic E-state index is 11.6. The summed E-state index contributed by atoms with van der Waals surface area (Å²) in [7, 11) is 0. The number of carboxylic acid groups (broad SMARTS) is 1. The summed E-state index contributed by atoms with van der Waals surface area (Å²) in [5, 5.41) is 11.1. The van der Waals surface area contributed by atoms with E-state index in [1.807, 2.05) is 0 Å². The molecule has 0 radical (unpaired) electrons. The number of amides is 1. The number of thioether (sulfide) groups is 1. The monoisotopic (exact) mass is 315 g/mol. The van der Waals surface area contributed by atoms with Crippen molar-refractivity contribution < 1.29 is 28.6 Å². The largest absolute Gasteiger partial charge is 0.480 e. The van der Waals surface area contributed by atoms with Gasteiger partial charge in [-0.2, -0.15) is 11.8 Å². The van der Waals surface area contributed by atoms with Crippen molar-refractivity contribution in [1.82, 2.24) is 5.32 Å². The number of carbonyl (C=O) groups excluding carboxylic acids is 2. The van der Waals surface area contributed by atoms with Crippen molar-refractivity contribution in [3.63, 3.8) is 0 Å². The maximum absolute atomic E-state index is 11.6. The van der Waals surface area contributed by atoms with Crippen molar-refractivity contribution in [2.75, 3.05) is 12.4 Å². The maximum Gasteiger partial charge on any atom is 0.341 e. The molecule has 1 heterocycles. The highest BCUT2D eigenvalue weighted by molar-refractivity contribution is 7.98. The van der Waals surface area contributed by atoms with Gasteiger partial charge in [-0.25, -0.2) is 9.59 Å². The molecule has 1 aromatic rings. The first-order valence-corrected chi connectivity index (χ1v) is 7.49. The molecule has 7 nitrogen and oxygen atoms in total. The van der Waals surface area contributed by atoms with Gasteiger partial charge >= 0.3 is 11.9 Å². The fourth-order valence-corrected chi connectivity index (χ4v) is 2.53. The molecule has 0 saturated heterocycles. The normalized spacial score (nSPS) is 11.7. The highest BCUT2D eigenvalue weighted by atomic mass is 32.2. The zero-order chi connectivity index (χ0) is 15.7. The Bertz CT molecular complexity index is 487. The van der Waals surface area contributed by atoms with Gasteiger partial charge in [-0.15, -0.1) is 0 Å².